The molecule has 0 fully saturated rings. The Hall–Kier alpha value is -2.80. The van der Waals surface area contributed by atoms with Gasteiger partial charge in [-0.3, -0.25) is 4.79 Å². The van der Waals surface area contributed by atoms with Crippen molar-refractivity contribution in [2.24, 2.45) is 0 Å². The lowest BCUT2D eigenvalue weighted by Gasteiger charge is -2.17. The number of H-pyrrole nitrogens is 1. The number of nitrogens with one attached hydrogen (secondary N) is 1. The quantitative estimate of drug-likeness (QED) is 0.556. The maximum Gasteiger partial charge on any atom is 0.347 e. The molecule has 7 nitrogen and oxygen atoms in total. The van der Waals surface area contributed by atoms with Crippen LogP contribution in [-0.4, -0.2) is 42.0 Å². The normalized spacial score (nSPS) is 12.8. The second-order valence-electron chi connectivity index (χ2n) is 6.27. The number of carbonyl (C=O) groups excluding carboxylic acids is 3. The van der Waals surface area contributed by atoms with Gasteiger partial charge in [0, 0.05) is 10.7 Å². The van der Waals surface area contributed by atoms with Crippen LogP contribution in [0.15, 0.2) is 24.3 Å². The number of carbonyl (C=O) groups is 3. The number of rotatable bonds is 7. The molecule has 0 amide bonds. The van der Waals surface area contributed by atoms with Crippen molar-refractivity contribution in [1.29, 1.82) is 0 Å². The summed E-state index contributed by atoms with van der Waals surface area (Å²) in [4.78, 5) is 39.7. The van der Waals surface area contributed by atoms with Crippen molar-refractivity contribution in [3.8, 4) is 5.75 Å². The molecule has 2 rings (SSSR count). The third-order valence-corrected chi connectivity index (χ3v) is 4.45. The van der Waals surface area contributed by atoms with E-state index in [1.54, 1.807) is 38.1 Å². The molecule has 1 aromatic heterocycles. The van der Waals surface area contributed by atoms with Crippen LogP contribution in [0.1, 0.15) is 46.0 Å². The fourth-order valence-corrected chi connectivity index (χ4v) is 2.82. The maximum absolute atomic E-state index is 12.7. The summed E-state index contributed by atoms with van der Waals surface area (Å²) in [5.41, 5.74) is 1.45. The Labute approximate surface area is 167 Å². The largest absolute Gasteiger partial charge is 0.479 e. The first kappa shape index (κ1) is 21.5. The first-order valence-electron chi connectivity index (χ1n) is 8.60. The molecule has 0 bridgehead atoms. The van der Waals surface area contributed by atoms with Crippen LogP contribution >= 0.6 is 11.6 Å². The number of ketones is 1. The van der Waals surface area contributed by atoms with Gasteiger partial charge in [-0.2, -0.15) is 0 Å². The van der Waals surface area contributed by atoms with Crippen LogP contribution in [0.4, 0.5) is 0 Å². The number of Topliss-reactive ketones (excluding diaryl/α,β-unsaturated/α-hetero) is 1. The Bertz CT molecular complexity index is 887. The maximum atomic E-state index is 12.7. The zero-order valence-electron chi connectivity index (χ0n) is 16.3. The summed E-state index contributed by atoms with van der Waals surface area (Å²) in [6.45, 7) is 6.27. The third kappa shape index (κ3) is 4.72. The third-order valence-electron chi connectivity index (χ3n) is 4.19. The zero-order valence-corrected chi connectivity index (χ0v) is 17.0. The van der Waals surface area contributed by atoms with Gasteiger partial charge in [0.1, 0.15) is 5.75 Å². The van der Waals surface area contributed by atoms with E-state index in [1.807, 2.05) is 0 Å². The number of halogens is 1. The molecule has 2 atom stereocenters. The average Bonchev–Trinajstić information content (AvgIpc) is 2.96. The summed E-state index contributed by atoms with van der Waals surface area (Å²) < 4.78 is 15.5. The van der Waals surface area contributed by atoms with Gasteiger partial charge in [-0.15, -0.1) is 0 Å². The molecule has 0 spiro atoms. The minimum absolute atomic E-state index is 0.199. The van der Waals surface area contributed by atoms with Gasteiger partial charge in [-0.1, -0.05) is 11.6 Å². The van der Waals surface area contributed by atoms with Crippen LogP contribution in [0, 0.1) is 13.8 Å². The number of hydrogen-bond donors (Lipinski definition) is 1. The molecular formula is C20H22ClNO6. The lowest BCUT2D eigenvalue weighted by molar-refractivity contribution is -0.153. The molecule has 1 heterocycles. The number of hydrogen-bond acceptors (Lipinski definition) is 6. The first-order chi connectivity index (χ1) is 13.1. The number of esters is 2. The van der Waals surface area contributed by atoms with Crippen LogP contribution in [0.2, 0.25) is 5.02 Å². The molecule has 8 heteroatoms. The number of aromatic nitrogens is 1. The summed E-state index contributed by atoms with van der Waals surface area (Å²) in [7, 11) is 1.27. The second-order valence-corrected chi connectivity index (χ2v) is 6.71. The summed E-state index contributed by atoms with van der Waals surface area (Å²) in [6, 6.07) is 6.52. The molecule has 0 saturated heterocycles. The van der Waals surface area contributed by atoms with Crippen LogP contribution in [-0.2, 0) is 14.3 Å². The zero-order chi connectivity index (χ0) is 21.0. The molecular weight excluding hydrogens is 386 g/mol. The van der Waals surface area contributed by atoms with Gasteiger partial charge >= 0.3 is 11.9 Å². The van der Waals surface area contributed by atoms with Crippen LogP contribution in [0.3, 0.4) is 0 Å². The lowest BCUT2D eigenvalue weighted by Crippen LogP contribution is -2.33. The van der Waals surface area contributed by atoms with Crippen molar-refractivity contribution in [2.75, 3.05) is 7.11 Å². The Balaban J connectivity index is 2.06. The lowest BCUT2D eigenvalue weighted by atomic mass is 10.1. The minimum atomic E-state index is -1.06. The minimum Gasteiger partial charge on any atom is -0.479 e. The van der Waals surface area contributed by atoms with Crippen molar-refractivity contribution in [1.82, 2.24) is 4.98 Å². The van der Waals surface area contributed by atoms with E-state index in [1.165, 1.54) is 21.0 Å². The molecule has 2 aromatic rings. The van der Waals surface area contributed by atoms with Crippen molar-refractivity contribution in [3.05, 3.63) is 51.8 Å². The van der Waals surface area contributed by atoms with Crippen molar-refractivity contribution in [3.63, 3.8) is 0 Å². The smallest absolute Gasteiger partial charge is 0.347 e. The first-order valence-corrected chi connectivity index (χ1v) is 8.97. The highest BCUT2D eigenvalue weighted by atomic mass is 35.5. The summed E-state index contributed by atoms with van der Waals surface area (Å²) >= 11 is 5.81. The average molecular weight is 408 g/mol. The van der Waals surface area contributed by atoms with Gasteiger partial charge in [-0.05, 0) is 57.5 Å². The highest BCUT2D eigenvalue weighted by Gasteiger charge is 2.29. The number of aromatic amines is 1. The Morgan fingerprint density at radius 2 is 1.64 bits per heavy atom. The summed E-state index contributed by atoms with van der Waals surface area (Å²) in [5.74, 6) is -1.24. The van der Waals surface area contributed by atoms with Gasteiger partial charge in [0.2, 0.25) is 5.78 Å². The Morgan fingerprint density at radius 1 is 1.04 bits per heavy atom. The molecule has 28 heavy (non-hydrogen) atoms. The standard InChI is InChI=1S/C20H22ClNO6/c1-10-16(20(25)26-5)11(2)22-17(10)18(23)12(3)28-19(24)13(4)27-15-8-6-14(21)7-9-15/h6-9,12-13,22H,1-5H3/t12-,13+/m0/s1. The van der Waals surface area contributed by atoms with Gasteiger partial charge < -0.3 is 19.2 Å². The van der Waals surface area contributed by atoms with Gasteiger partial charge in [-0.25, -0.2) is 9.59 Å². The van der Waals surface area contributed by atoms with E-state index < -0.39 is 29.9 Å². The molecule has 0 aliphatic rings. The predicted octanol–water partition coefficient (Wildman–Crippen LogP) is 3.65. The van der Waals surface area contributed by atoms with Gasteiger partial charge in [0.25, 0.3) is 0 Å². The highest BCUT2D eigenvalue weighted by Crippen LogP contribution is 2.21. The molecule has 1 aromatic carbocycles. The van der Waals surface area contributed by atoms with Crippen molar-refractivity contribution >= 4 is 29.3 Å². The monoisotopic (exact) mass is 407 g/mol. The van der Waals surface area contributed by atoms with Gasteiger partial charge in [0.05, 0.1) is 18.4 Å². The van der Waals surface area contributed by atoms with Crippen LogP contribution < -0.4 is 4.74 Å². The highest BCUT2D eigenvalue weighted by molar-refractivity contribution is 6.30. The molecule has 0 aliphatic heterocycles. The molecule has 0 aliphatic carbocycles. The summed E-state index contributed by atoms with van der Waals surface area (Å²) in [6.07, 6.45) is -1.99. The van der Waals surface area contributed by atoms with Crippen molar-refractivity contribution < 1.29 is 28.6 Å². The number of aryl methyl sites for hydroxylation is 1. The SMILES string of the molecule is COC(=O)c1c(C)[nH]c(C(=O)[C@H](C)OC(=O)[C@@H](C)Oc2ccc(Cl)cc2)c1C. The van der Waals surface area contributed by atoms with E-state index in [9.17, 15) is 14.4 Å². The number of methoxy groups -OCH3 is 1. The number of benzene rings is 1. The van der Waals surface area contributed by atoms with E-state index in [4.69, 9.17) is 25.8 Å². The van der Waals surface area contributed by atoms with Crippen molar-refractivity contribution in [2.45, 2.75) is 39.9 Å². The molecule has 0 radical (unpaired) electrons. The fourth-order valence-electron chi connectivity index (χ4n) is 2.70. The fraction of sp³-hybridized carbons (Fsp3) is 0.350. The van der Waals surface area contributed by atoms with E-state index in [-0.39, 0.29) is 5.69 Å². The number of ether oxygens (including phenoxy) is 3. The summed E-state index contributed by atoms with van der Waals surface area (Å²) in [5, 5.41) is 0.546. The van der Waals surface area contributed by atoms with Crippen LogP contribution in [0.25, 0.3) is 0 Å². The Morgan fingerprint density at radius 3 is 2.21 bits per heavy atom. The molecule has 150 valence electrons. The van der Waals surface area contributed by atoms with E-state index in [0.717, 1.165) is 0 Å². The molecule has 0 unspecified atom stereocenters. The topological polar surface area (TPSA) is 94.7 Å². The second kappa shape index (κ2) is 8.93. The van der Waals surface area contributed by atoms with Crippen LogP contribution in [0.5, 0.6) is 5.75 Å². The predicted molar refractivity (Wildman–Crippen MR) is 103 cm³/mol. The molecule has 0 saturated carbocycles. The van der Waals surface area contributed by atoms with E-state index >= 15 is 0 Å². The Kier molecular flexibility index (Phi) is 6.85. The molecule has 1 N–H and O–H groups in total. The van der Waals surface area contributed by atoms with E-state index in [2.05, 4.69) is 4.98 Å². The van der Waals surface area contributed by atoms with E-state index in [0.29, 0.717) is 27.6 Å². The van der Waals surface area contributed by atoms with Gasteiger partial charge in [0.15, 0.2) is 12.2 Å².